The highest BCUT2D eigenvalue weighted by molar-refractivity contribution is 6.80. The Morgan fingerprint density at radius 3 is 2.20 bits per heavy atom. The van der Waals surface area contributed by atoms with E-state index in [1.807, 2.05) is 12.1 Å². The Bertz CT molecular complexity index is 330. The number of allylic oxidation sites excluding steroid dienone is 2. The molecule has 1 aromatic carbocycles. The van der Waals surface area contributed by atoms with Gasteiger partial charge in [-0.15, -0.1) is 6.58 Å². The molecule has 1 unspecified atom stereocenters. The van der Waals surface area contributed by atoms with Gasteiger partial charge in [0.05, 0.1) is 8.07 Å². The van der Waals surface area contributed by atoms with E-state index in [1.165, 1.54) is 5.56 Å². The third kappa shape index (κ3) is 4.30. The van der Waals surface area contributed by atoms with Gasteiger partial charge in [-0.05, 0) is 5.56 Å². The SMILES string of the molecule is C=CC(C=C[Si](C)(C)C)c1ccccc1. The summed E-state index contributed by atoms with van der Waals surface area (Å²) >= 11 is 0. The van der Waals surface area contributed by atoms with Crippen molar-refractivity contribution in [3.8, 4) is 0 Å². The minimum Gasteiger partial charge on any atom is -0.102 e. The topological polar surface area (TPSA) is 0 Å². The fraction of sp³-hybridized carbons (Fsp3) is 0.286. The Hall–Kier alpha value is -1.08. The van der Waals surface area contributed by atoms with Crippen LogP contribution in [-0.4, -0.2) is 8.07 Å². The molecule has 80 valence electrons. The van der Waals surface area contributed by atoms with Crippen molar-refractivity contribution in [2.45, 2.75) is 25.6 Å². The molecule has 1 rings (SSSR count). The first-order valence-electron chi connectivity index (χ1n) is 5.40. The molecule has 0 saturated heterocycles. The minimum absolute atomic E-state index is 0.359. The second kappa shape index (κ2) is 5.13. The maximum absolute atomic E-state index is 3.90. The lowest BCUT2D eigenvalue weighted by atomic mass is 10.00. The van der Waals surface area contributed by atoms with E-state index in [1.54, 1.807) is 0 Å². The van der Waals surface area contributed by atoms with Crippen LogP contribution in [0.1, 0.15) is 11.5 Å². The predicted molar refractivity (Wildman–Crippen MR) is 71.9 cm³/mol. The lowest BCUT2D eigenvalue weighted by Crippen LogP contribution is -2.15. The first kappa shape index (κ1) is 12.0. The van der Waals surface area contributed by atoms with E-state index in [0.29, 0.717) is 5.92 Å². The maximum Gasteiger partial charge on any atom is 0.0683 e. The zero-order chi connectivity index (χ0) is 11.3. The van der Waals surface area contributed by atoms with Crippen molar-refractivity contribution < 1.29 is 0 Å². The van der Waals surface area contributed by atoms with Gasteiger partial charge in [0, 0.05) is 5.92 Å². The fourth-order valence-electron chi connectivity index (χ4n) is 1.39. The minimum atomic E-state index is -1.10. The highest BCUT2D eigenvalue weighted by Crippen LogP contribution is 2.19. The van der Waals surface area contributed by atoms with Crippen molar-refractivity contribution in [3.63, 3.8) is 0 Å². The summed E-state index contributed by atoms with van der Waals surface area (Å²) in [7, 11) is -1.10. The van der Waals surface area contributed by atoms with Crippen LogP contribution in [0.25, 0.3) is 0 Å². The van der Waals surface area contributed by atoms with Crippen molar-refractivity contribution in [3.05, 3.63) is 60.3 Å². The van der Waals surface area contributed by atoms with Crippen molar-refractivity contribution in [2.24, 2.45) is 0 Å². The van der Waals surface area contributed by atoms with Crippen molar-refractivity contribution in [1.82, 2.24) is 0 Å². The van der Waals surface area contributed by atoms with Gasteiger partial charge in [0.2, 0.25) is 0 Å². The molecule has 0 heterocycles. The number of hydrogen-bond acceptors (Lipinski definition) is 0. The highest BCUT2D eigenvalue weighted by Gasteiger charge is 2.09. The van der Waals surface area contributed by atoms with Crippen LogP contribution in [0, 0.1) is 0 Å². The van der Waals surface area contributed by atoms with Gasteiger partial charge >= 0.3 is 0 Å². The van der Waals surface area contributed by atoms with E-state index < -0.39 is 8.07 Å². The van der Waals surface area contributed by atoms with Crippen LogP contribution in [0.15, 0.2) is 54.8 Å². The summed E-state index contributed by atoms with van der Waals surface area (Å²) in [6.07, 6.45) is 4.29. The van der Waals surface area contributed by atoms with E-state index in [4.69, 9.17) is 0 Å². The van der Waals surface area contributed by atoms with Gasteiger partial charge in [-0.25, -0.2) is 0 Å². The molecule has 0 nitrogen and oxygen atoms in total. The first-order chi connectivity index (χ1) is 7.03. The van der Waals surface area contributed by atoms with Crippen LogP contribution in [0.2, 0.25) is 19.6 Å². The largest absolute Gasteiger partial charge is 0.102 e. The number of benzene rings is 1. The third-order valence-corrected chi connectivity index (χ3v) is 3.43. The van der Waals surface area contributed by atoms with Crippen LogP contribution >= 0.6 is 0 Å². The molecule has 0 fully saturated rings. The molecule has 0 aliphatic rings. The maximum atomic E-state index is 3.90. The molecule has 0 bridgehead atoms. The summed E-state index contributed by atoms with van der Waals surface area (Å²) < 4.78 is 0. The van der Waals surface area contributed by atoms with Crippen molar-refractivity contribution in [2.75, 3.05) is 0 Å². The summed E-state index contributed by atoms with van der Waals surface area (Å²) in [5, 5.41) is 0. The average Bonchev–Trinajstić information content (AvgIpc) is 2.19. The van der Waals surface area contributed by atoms with Gasteiger partial charge in [0.25, 0.3) is 0 Å². The molecule has 0 aliphatic carbocycles. The average molecular weight is 216 g/mol. The van der Waals surface area contributed by atoms with Gasteiger partial charge in [-0.1, -0.05) is 67.8 Å². The van der Waals surface area contributed by atoms with E-state index in [2.05, 4.69) is 62.3 Å². The smallest absolute Gasteiger partial charge is 0.0683 e. The Kier molecular flexibility index (Phi) is 4.10. The van der Waals surface area contributed by atoms with Crippen molar-refractivity contribution in [1.29, 1.82) is 0 Å². The Labute approximate surface area is 94.4 Å². The molecule has 15 heavy (non-hydrogen) atoms. The zero-order valence-corrected chi connectivity index (χ0v) is 10.9. The lowest BCUT2D eigenvalue weighted by molar-refractivity contribution is 1.09. The fourth-order valence-corrected chi connectivity index (χ4v) is 2.18. The molecule has 1 heteroatoms. The normalized spacial score (nSPS) is 14.1. The molecule has 1 aromatic rings. The molecule has 0 aromatic heterocycles. The molecule has 1 atom stereocenters. The number of rotatable bonds is 4. The Morgan fingerprint density at radius 1 is 1.13 bits per heavy atom. The second-order valence-electron chi connectivity index (χ2n) is 4.90. The van der Waals surface area contributed by atoms with Crippen molar-refractivity contribution >= 4 is 8.07 Å². The molecule has 0 spiro atoms. The first-order valence-corrected chi connectivity index (χ1v) is 8.97. The Morgan fingerprint density at radius 2 is 1.73 bits per heavy atom. The van der Waals surface area contributed by atoms with E-state index in [-0.39, 0.29) is 0 Å². The molecule has 0 saturated carbocycles. The van der Waals surface area contributed by atoms with Gasteiger partial charge in [-0.2, -0.15) is 0 Å². The van der Waals surface area contributed by atoms with Gasteiger partial charge in [0.1, 0.15) is 0 Å². The molecule has 0 radical (unpaired) electrons. The van der Waals surface area contributed by atoms with Gasteiger partial charge < -0.3 is 0 Å². The van der Waals surface area contributed by atoms with E-state index in [0.717, 1.165) is 0 Å². The molecular formula is C14H20Si. The quantitative estimate of drug-likeness (QED) is 0.517. The Balaban J connectivity index is 2.83. The standard InChI is InChI=1S/C14H20Si/c1-5-13(11-12-15(2,3)4)14-9-7-6-8-10-14/h5-13H,1H2,2-4H3. The number of hydrogen-bond donors (Lipinski definition) is 0. The predicted octanol–water partition coefficient (Wildman–Crippen LogP) is 4.39. The summed E-state index contributed by atoms with van der Waals surface area (Å²) in [5.41, 5.74) is 3.70. The summed E-state index contributed by atoms with van der Waals surface area (Å²) in [5.74, 6) is 0.359. The molecular weight excluding hydrogens is 196 g/mol. The zero-order valence-electron chi connectivity index (χ0n) is 9.90. The second-order valence-corrected chi connectivity index (χ2v) is 9.96. The van der Waals surface area contributed by atoms with Crippen LogP contribution in [0.4, 0.5) is 0 Å². The van der Waals surface area contributed by atoms with E-state index >= 15 is 0 Å². The van der Waals surface area contributed by atoms with Gasteiger partial charge in [-0.3, -0.25) is 0 Å². The molecule has 0 N–H and O–H groups in total. The summed E-state index contributed by atoms with van der Waals surface area (Å²) in [4.78, 5) is 0. The van der Waals surface area contributed by atoms with Gasteiger partial charge in [0.15, 0.2) is 0 Å². The summed E-state index contributed by atoms with van der Waals surface area (Å²) in [6.45, 7) is 10.9. The molecule has 0 aliphatic heterocycles. The van der Waals surface area contributed by atoms with Crippen LogP contribution in [-0.2, 0) is 0 Å². The van der Waals surface area contributed by atoms with Crippen LogP contribution < -0.4 is 0 Å². The monoisotopic (exact) mass is 216 g/mol. The third-order valence-electron chi connectivity index (χ3n) is 2.24. The van der Waals surface area contributed by atoms with Crippen LogP contribution in [0.3, 0.4) is 0 Å². The van der Waals surface area contributed by atoms with E-state index in [9.17, 15) is 0 Å². The lowest BCUT2D eigenvalue weighted by Gasteiger charge is -2.12. The van der Waals surface area contributed by atoms with Crippen LogP contribution in [0.5, 0.6) is 0 Å². The summed E-state index contributed by atoms with van der Waals surface area (Å²) in [6, 6.07) is 10.5. The molecule has 0 amide bonds. The highest BCUT2D eigenvalue weighted by atomic mass is 28.3.